The zero-order valence-corrected chi connectivity index (χ0v) is 11.6. The standard InChI is InChI=1S/C13H18ClNOS/c1-17-7-6-16-13-5-2-10(8-12(13)14)9-15-11-3-4-11/h2,5,8,11,15H,3-4,6-7,9H2,1H3. The van der Waals surface area contributed by atoms with E-state index in [4.69, 9.17) is 16.3 Å². The van der Waals surface area contributed by atoms with Crippen molar-refractivity contribution < 1.29 is 4.74 Å². The first-order valence-electron chi connectivity index (χ1n) is 5.93. The summed E-state index contributed by atoms with van der Waals surface area (Å²) in [4.78, 5) is 0. The summed E-state index contributed by atoms with van der Waals surface area (Å²) in [7, 11) is 0. The van der Waals surface area contributed by atoms with Crippen molar-refractivity contribution in [2.75, 3.05) is 18.6 Å². The van der Waals surface area contributed by atoms with E-state index in [0.717, 1.165) is 24.1 Å². The lowest BCUT2D eigenvalue weighted by Crippen LogP contribution is -2.15. The van der Waals surface area contributed by atoms with Gasteiger partial charge in [-0.05, 0) is 36.8 Å². The molecule has 1 aromatic rings. The van der Waals surface area contributed by atoms with Crippen LogP contribution in [0, 0.1) is 0 Å². The molecule has 2 nitrogen and oxygen atoms in total. The number of hydrogen-bond donors (Lipinski definition) is 1. The Labute approximate surface area is 112 Å². The minimum Gasteiger partial charge on any atom is -0.491 e. The van der Waals surface area contributed by atoms with Gasteiger partial charge in [-0.15, -0.1) is 0 Å². The largest absolute Gasteiger partial charge is 0.491 e. The molecule has 94 valence electrons. The van der Waals surface area contributed by atoms with Crippen molar-refractivity contribution in [1.29, 1.82) is 0 Å². The summed E-state index contributed by atoms with van der Waals surface area (Å²) in [5.41, 5.74) is 1.22. The van der Waals surface area contributed by atoms with Crippen molar-refractivity contribution in [1.82, 2.24) is 5.32 Å². The Morgan fingerprint density at radius 1 is 1.47 bits per heavy atom. The van der Waals surface area contributed by atoms with Gasteiger partial charge in [0.25, 0.3) is 0 Å². The van der Waals surface area contributed by atoms with E-state index in [1.54, 1.807) is 11.8 Å². The minimum atomic E-state index is 0.709. The van der Waals surface area contributed by atoms with Crippen LogP contribution in [-0.2, 0) is 6.54 Å². The van der Waals surface area contributed by atoms with E-state index < -0.39 is 0 Å². The zero-order valence-electron chi connectivity index (χ0n) is 10.0. The molecule has 0 aromatic heterocycles. The van der Waals surface area contributed by atoms with Gasteiger partial charge in [-0.1, -0.05) is 17.7 Å². The number of benzene rings is 1. The Bertz CT molecular complexity index is 368. The van der Waals surface area contributed by atoms with Crippen LogP contribution >= 0.6 is 23.4 Å². The highest BCUT2D eigenvalue weighted by Gasteiger charge is 2.19. The van der Waals surface area contributed by atoms with Gasteiger partial charge in [0.05, 0.1) is 11.6 Å². The van der Waals surface area contributed by atoms with E-state index >= 15 is 0 Å². The predicted molar refractivity (Wildman–Crippen MR) is 75.2 cm³/mol. The molecule has 0 saturated heterocycles. The lowest BCUT2D eigenvalue weighted by atomic mass is 10.2. The van der Waals surface area contributed by atoms with Crippen LogP contribution in [0.15, 0.2) is 18.2 Å². The molecule has 4 heteroatoms. The number of nitrogens with one attached hydrogen (secondary N) is 1. The molecular weight excluding hydrogens is 254 g/mol. The highest BCUT2D eigenvalue weighted by Crippen LogP contribution is 2.26. The first kappa shape index (κ1) is 13.1. The van der Waals surface area contributed by atoms with Gasteiger partial charge in [0.15, 0.2) is 0 Å². The van der Waals surface area contributed by atoms with Crippen molar-refractivity contribution in [2.45, 2.75) is 25.4 Å². The summed E-state index contributed by atoms with van der Waals surface area (Å²) >= 11 is 7.95. The predicted octanol–water partition coefficient (Wildman–Crippen LogP) is 3.33. The van der Waals surface area contributed by atoms with Crippen molar-refractivity contribution >= 4 is 23.4 Å². The van der Waals surface area contributed by atoms with Crippen LogP contribution in [0.3, 0.4) is 0 Å². The molecule has 1 N–H and O–H groups in total. The van der Waals surface area contributed by atoms with E-state index in [1.165, 1.54) is 18.4 Å². The summed E-state index contributed by atoms with van der Waals surface area (Å²) < 4.78 is 5.60. The SMILES string of the molecule is CSCCOc1ccc(CNC2CC2)cc1Cl. The van der Waals surface area contributed by atoms with Crippen LogP contribution in [0.5, 0.6) is 5.75 Å². The maximum atomic E-state index is 6.18. The van der Waals surface area contributed by atoms with Gasteiger partial charge in [0, 0.05) is 18.3 Å². The van der Waals surface area contributed by atoms with Crippen LogP contribution in [0.25, 0.3) is 0 Å². The molecule has 0 amide bonds. The topological polar surface area (TPSA) is 21.3 Å². The lowest BCUT2D eigenvalue weighted by molar-refractivity contribution is 0.344. The summed E-state index contributed by atoms with van der Waals surface area (Å²) in [6, 6.07) is 6.76. The van der Waals surface area contributed by atoms with Crippen LogP contribution in [0.2, 0.25) is 5.02 Å². The lowest BCUT2D eigenvalue weighted by Gasteiger charge is -2.09. The normalized spacial score (nSPS) is 14.9. The minimum absolute atomic E-state index is 0.709. The third kappa shape index (κ3) is 4.41. The Morgan fingerprint density at radius 3 is 2.94 bits per heavy atom. The third-order valence-electron chi connectivity index (χ3n) is 2.71. The van der Waals surface area contributed by atoms with Crippen LogP contribution in [0.1, 0.15) is 18.4 Å². The first-order chi connectivity index (χ1) is 8.29. The van der Waals surface area contributed by atoms with Crippen LogP contribution in [0.4, 0.5) is 0 Å². The molecule has 0 heterocycles. The molecule has 0 aliphatic heterocycles. The van der Waals surface area contributed by atoms with Gasteiger partial charge >= 0.3 is 0 Å². The number of rotatable bonds is 7. The van der Waals surface area contributed by atoms with Gasteiger partial charge in [0.2, 0.25) is 0 Å². The van der Waals surface area contributed by atoms with Gasteiger partial charge in [-0.25, -0.2) is 0 Å². The average molecular weight is 272 g/mol. The summed E-state index contributed by atoms with van der Waals surface area (Å²) in [6.45, 7) is 1.61. The van der Waals surface area contributed by atoms with Crippen molar-refractivity contribution in [3.8, 4) is 5.75 Å². The van der Waals surface area contributed by atoms with Crippen molar-refractivity contribution in [3.63, 3.8) is 0 Å². The number of halogens is 1. The van der Waals surface area contributed by atoms with Crippen molar-refractivity contribution in [2.24, 2.45) is 0 Å². The van der Waals surface area contributed by atoms with E-state index in [2.05, 4.69) is 17.6 Å². The maximum Gasteiger partial charge on any atom is 0.137 e. The van der Waals surface area contributed by atoms with Crippen LogP contribution < -0.4 is 10.1 Å². The monoisotopic (exact) mass is 271 g/mol. The molecule has 0 atom stereocenters. The van der Waals surface area contributed by atoms with Gasteiger partial charge < -0.3 is 10.1 Å². The fourth-order valence-electron chi connectivity index (χ4n) is 1.56. The second-order valence-electron chi connectivity index (χ2n) is 4.26. The molecule has 0 radical (unpaired) electrons. The average Bonchev–Trinajstić information content (AvgIpc) is 3.13. The third-order valence-corrected chi connectivity index (χ3v) is 3.58. The van der Waals surface area contributed by atoms with E-state index in [0.29, 0.717) is 11.6 Å². The van der Waals surface area contributed by atoms with E-state index in [-0.39, 0.29) is 0 Å². The Hall–Kier alpha value is -0.380. The van der Waals surface area contributed by atoms with E-state index in [1.807, 2.05) is 12.1 Å². The fourth-order valence-corrected chi connectivity index (χ4v) is 2.06. The molecule has 2 rings (SSSR count). The molecule has 0 spiro atoms. The first-order valence-corrected chi connectivity index (χ1v) is 7.70. The molecular formula is C13H18ClNOS. The number of hydrogen-bond acceptors (Lipinski definition) is 3. The molecule has 1 aromatic carbocycles. The quantitative estimate of drug-likeness (QED) is 0.769. The molecule has 1 saturated carbocycles. The van der Waals surface area contributed by atoms with Gasteiger partial charge in [-0.3, -0.25) is 0 Å². The Kier molecular flexibility index (Phi) is 5.01. The highest BCUT2D eigenvalue weighted by atomic mass is 35.5. The maximum absolute atomic E-state index is 6.18. The summed E-state index contributed by atoms with van der Waals surface area (Å²) in [6.07, 6.45) is 4.69. The summed E-state index contributed by atoms with van der Waals surface area (Å²) in [5, 5.41) is 4.18. The number of thioether (sulfide) groups is 1. The number of ether oxygens (including phenoxy) is 1. The smallest absolute Gasteiger partial charge is 0.137 e. The van der Waals surface area contributed by atoms with E-state index in [9.17, 15) is 0 Å². The van der Waals surface area contributed by atoms with Crippen LogP contribution in [-0.4, -0.2) is 24.7 Å². The molecule has 1 aliphatic carbocycles. The zero-order chi connectivity index (χ0) is 12.1. The Balaban J connectivity index is 1.85. The van der Waals surface area contributed by atoms with Gasteiger partial charge in [-0.2, -0.15) is 11.8 Å². The Morgan fingerprint density at radius 2 is 2.29 bits per heavy atom. The molecule has 17 heavy (non-hydrogen) atoms. The van der Waals surface area contributed by atoms with Gasteiger partial charge in [0.1, 0.15) is 5.75 Å². The second-order valence-corrected chi connectivity index (χ2v) is 5.65. The fraction of sp³-hybridized carbons (Fsp3) is 0.538. The van der Waals surface area contributed by atoms with Crippen molar-refractivity contribution in [3.05, 3.63) is 28.8 Å². The molecule has 1 fully saturated rings. The molecule has 1 aliphatic rings. The highest BCUT2D eigenvalue weighted by molar-refractivity contribution is 7.98. The second kappa shape index (κ2) is 6.53. The molecule has 0 unspecified atom stereocenters. The molecule has 0 bridgehead atoms. The summed E-state index contributed by atoms with van der Waals surface area (Å²) in [5.74, 6) is 1.78.